The Bertz CT molecular complexity index is 787. The number of nitro benzene ring substituents is 1. The van der Waals surface area contributed by atoms with Crippen LogP contribution in [0.25, 0.3) is 0 Å². The number of carbonyl (C=O) groups excluding carboxylic acids is 1. The Balaban J connectivity index is 2.08. The van der Waals surface area contributed by atoms with Crippen molar-refractivity contribution in [1.29, 1.82) is 0 Å². The van der Waals surface area contributed by atoms with Crippen molar-refractivity contribution in [3.05, 3.63) is 45.2 Å². The molecule has 0 saturated heterocycles. The van der Waals surface area contributed by atoms with Gasteiger partial charge < -0.3 is 16.8 Å². The first kappa shape index (κ1) is 16.3. The highest BCUT2D eigenvalue weighted by Crippen LogP contribution is 2.22. The van der Waals surface area contributed by atoms with Gasteiger partial charge in [-0.25, -0.2) is 9.37 Å². The molecular weight excluding hydrogens is 327 g/mol. The number of anilines is 1. The number of nitrogens with zero attached hydrogens (tertiary/aromatic N) is 3. The molecule has 9 nitrogen and oxygen atoms in total. The summed E-state index contributed by atoms with van der Waals surface area (Å²) >= 11 is 1.13. The summed E-state index contributed by atoms with van der Waals surface area (Å²) in [6.07, 6.45) is -0.154. The Labute approximate surface area is 133 Å². The van der Waals surface area contributed by atoms with Crippen LogP contribution in [0.15, 0.2) is 28.6 Å². The first-order valence-electron chi connectivity index (χ1n) is 6.13. The summed E-state index contributed by atoms with van der Waals surface area (Å²) in [6, 6.07) is 2.86. The van der Waals surface area contributed by atoms with Gasteiger partial charge in [0.2, 0.25) is 11.0 Å². The third-order valence-corrected chi connectivity index (χ3v) is 3.32. The van der Waals surface area contributed by atoms with Gasteiger partial charge in [0.15, 0.2) is 5.96 Å². The Morgan fingerprint density at radius 1 is 1.48 bits per heavy atom. The molecule has 0 aliphatic rings. The van der Waals surface area contributed by atoms with E-state index in [1.165, 1.54) is 0 Å². The number of carbonyl (C=O) groups is 1. The second-order valence-corrected chi connectivity index (χ2v) is 5.14. The third-order valence-electron chi connectivity index (χ3n) is 2.54. The quantitative estimate of drug-likeness (QED) is 0.323. The molecule has 0 unspecified atom stereocenters. The van der Waals surface area contributed by atoms with Crippen LogP contribution in [0.1, 0.15) is 5.69 Å². The Kier molecular flexibility index (Phi) is 4.81. The van der Waals surface area contributed by atoms with E-state index < -0.39 is 16.6 Å². The van der Waals surface area contributed by atoms with Crippen LogP contribution in [0.5, 0.6) is 0 Å². The number of benzene rings is 1. The van der Waals surface area contributed by atoms with E-state index in [9.17, 15) is 19.3 Å². The number of nitrogens with one attached hydrogen (secondary N) is 1. The fraction of sp³-hybridized carbons (Fsp3) is 0.0833. The van der Waals surface area contributed by atoms with E-state index in [2.05, 4.69) is 15.3 Å². The minimum absolute atomic E-state index is 0.154. The van der Waals surface area contributed by atoms with E-state index in [0.717, 1.165) is 29.5 Å². The number of hydrogen-bond acceptors (Lipinski definition) is 6. The molecule has 2 aromatic rings. The molecule has 0 spiro atoms. The number of rotatable bonds is 5. The summed E-state index contributed by atoms with van der Waals surface area (Å²) in [4.78, 5) is 29.6. The summed E-state index contributed by atoms with van der Waals surface area (Å²) < 4.78 is 13.6. The van der Waals surface area contributed by atoms with Gasteiger partial charge in [0.1, 0.15) is 5.82 Å². The number of thiazole rings is 1. The van der Waals surface area contributed by atoms with Crippen LogP contribution in [0.4, 0.5) is 20.9 Å². The van der Waals surface area contributed by atoms with Gasteiger partial charge in [-0.15, -0.1) is 11.3 Å². The first-order valence-corrected chi connectivity index (χ1v) is 7.01. The van der Waals surface area contributed by atoms with Gasteiger partial charge in [-0.05, 0) is 6.07 Å². The Morgan fingerprint density at radius 2 is 2.22 bits per heavy atom. The molecule has 0 atom stereocenters. The van der Waals surface area contributed by atoms with E-state index in [1.807, 2.05) is 0 Å². The molecular formula is C12H11FN6O3S. The van der Waals surface area contributed by atoms with E-state index in [1.54, 1.807) is 5.38 Å². The van der Waals surface area contributed by atoms with Crippen molar-refractivity contribution in [1.82, 2.24) is 4.98 Å². The lowest BCUT2D eigenvalue weighted by Crippen LogP contribution is -2.21. The second kappa shape index (κ2) is 6.79. The van der Waals surface area contributed by atoms with Crippen molar-refractivity contribution < 1.29 is 14.1 Å². The molecule has 1 aromatic carbocycles. The number of amides is 1. The van der Waals surface area contributed by atoms with Crippen LogP contribution in [0.2, 0.25) is 0 Å². The summed E-state index contributed by atoms with van der Waals surface area (Å²) in [5.41, 5.74) is 10.2. The summed E-state index contributed by atoms with van der Waals surface area (Å²) in [7, 11) is 0. The fourth-order valence-electron chi connectivity index (χ4n) is 1.62. The summed E-state index contributed by atoms with van der Waals surface area (Å²) in [5, 5.41) is 14.8. The van der Waals surface area contributed by atoms with Crippen LogP contribution < -0.4 is 16.8 Å². The molecule has 5 N–H and O–H groups in total. The number of halogens is 1. The number of nitro groups is 1. The van der Waals surface area contributed by atoms with E-state index in [-0.39, 0.29) is 28.9 Å². The number of non-ortho nitro benzene ring substituents is 1. The maximum Gasteiger partial charge on any atom is 0.271 e. The van der Waals surface area contributed by atoms with Crippen molar-refractivity contribution in [3.63, 3.8) is 0 Å². The van der Waals surface area contributed by atoms with Crippen LogP contribution in [0.3, 0.4) is 0 Å². The molecule has 0 fully saturated rings. The molecule has 23 heavy (non-hydrogen) atoms. The predicted octanol–water partition coefficient (Wildman–Crippen LogP) is 1.28. The average Bonchev–Trinajstić information content (AvgIpc) is 2.87. The third kappa shape index (κ3) is 4.44. The smallest absolute Gasteiger partial charge is 0.271 e. The largest absolute Gasteiger partial charge is 0.370 e. The SMILES string of the molecule is NC(N)=Nc1nc(CC(=O)Nc2cc([N+](=O)[O-])ccc2F)cs1. The summed E-state index contributed by atoms with van der Waals surface area (Å²) in [5.74, 6) is -1.51. The van der Waals surface area contributed by atoms with Gasteiger partial charge in [0.25, 0.3) is 5.69 Å². The Hall–Kier alpha value is -3.08. The zero-order valence-corrected chi connectivity index (χ0v) is 12.3. The molecule has 0 radical (unpaired) electrons. The van der Waals surface area contributed by atoms with Gasteiger partial charge in [-0.1, -0.05) is 0 Å². The average molecular weight is 338 g/mol. The molecule has 2 rings (SSSR count). The van der Waals surface area contributed by atoms with Gasteiger partial charge in [0.05, 0.1) is 22.7 Å². The van der Waals surface area contributed by atoms with E-state index >= 15 is 0 Å². The van der Waals surface area contributed by atoms with Crippen LogP contribution in [0, 0.1) is 15.9 Å². The standard InChI is InChI=1S/C12H11FN6O3S/c13-8-2-1-7(19(21)22)4-9(8)17-10(20)3-6-5-23-12(16-6)18-11(14)15/h1-2,4-5H,3H2,(H,17,20)(H4,14,15,16,18). The van der Waals surface area contributed by atoms with Crippen LogP contribution >= 0.6 is 11.3 Å². The van der Waals surface area contributed by atoms with Crippen molar-refractivity contribution in [2.45, 2.75) is 6.42 Å². The highest BCUT2D eigenvalue weighted by molar-refractivity contribution is 7.13. The van der Waals surface area contributed by atoms with Gasteiger partial charge in [-0.3, -0.25) is 14.9 Å². The lowest BCUT2D eigenvalue weighted by atomic mass is 10.2. The maximum atomic E-state index is 13.6. The van der Waals surface area contributed by atoms with Crippen molar-refractivity contribution in [2.24, 2.45) is 16.5 Å². The molecule has 0 bridgehead atoms. The molecule has 0 saturated carbocycles. The molecule has 120 valence electrons. The van der Waals surface area contributed by atoms with Gasteiger partial charge in [0, 0.05) is 17.5 Å². The predicted molar refractivity (Wildman–Crippen MR) is 83.0 cm³/mol. The highest BCUT2D eigenvalue weighted by atomic mass is 32.1. The summed E-state index contributed by atoms with van der Waals surface area (Å²) in [6.45, 7) is 0. The lowest BCUT2D eigenvalue weighted by molar-refractivity contribution is -0.384. The topological polar surface area (TPSA) is 150 Å². The fourth-order valence-corrected chi connectivity index (χ4v) is 2.33. The Morgan fingerprint density at radius 3 is 2.87 bits per heavy atom. The molecule has 11 heteroatoms. The molecule has 1 heterocycles. The van der Waals surface area contributed by atoms with E-state index in [0.29, 0.717) is 5.69 Å². The number of guanidine groups is 1. The molecule has 1 amide bonds. The molecule has 0 aliphatic heterocycles. The van der Waals surface area contributed by atoms with Crippen molar-refractivity contribution >= 4 is 39.7 Å². The minimum Gasteiger partial charge on any atom is -0.370 e. The normalized spacial score (nSPS) is 10.1. The van der Waals surface area contributed by atoms with Crippen molar-refractivity contribution in [3.8, 4) is 0 Å². The monoisotopic (exact) mass is 338 g/mol. The second-order valence-electron chi connectivity index (χ2n) is 4.30. The van der Waals surface area contributed by atoms with Gasteiger partial charge >= 0.3 is 0 Å². The first-order chi connectivity index (χ1) is 10.8. The maximum absolute atomic E-state index is 13.6. The zero-order valence-electron chi connectivity index (χ0n) is 11.5. The van der Waals surface area contributed by atoms with Crippen LogP contribution in [-0.2, 0) is 11.2 Å². The number of hydrogen-bond donors (Lipinski definition) is 3. The van der Waals surface area contributed by atoms with E-state index in [4.69, 9.17) is 11.5 Å². The minimum atomic E-state index is -0.775. The van der Waals surface area contributed by atoms with Crippen LogP contribution in [-0.4, -0.2) is 21.8 Å². The molecule has 1 aromatic heterocycles. The number of nitrogens with two attached hydrogens (primary N) is 2. The number of aliphatic imine (C=N–C) groups is 1. The zero-order chi connectivity index (χ0) is 17.0. The molecule has 0 aliphatic carbocycles. The van der Waals surface area contributed by atoms with Crippen molar-refractivity contribution in [2.75, 3.05) is 5.32 Å². The lowest BCUT2D eigenvalue weighted by Gasteiger charge is -2.05. The van der Waals surface area contributed by atoms with Gasteiger partial charge in [-0.2, -0.15) is 4.99 Å². The number of aromatic nitrogens is 1. The highest BCUT2D eigenvalue weighted by Gasteiger charge is 2.14.